The highest BCUT2D eigenvalue weighted by Crippen LogP contribution is 2.43. The average Bonchev–Trinajstić information content (AvgIpc) is 3.09. The summed E-state index contributed by atoms with van der Waals surface area (Å²) in [5.41, 5.74) is 0.558. The minimum Gasteiger partial charge on any atom is -0.394 e. The lowest BCUT2D eigenvalue weighted by atomic mass is 10.1. The van der Waals surface area contributed by atoms with Gasteiger partial charge in [0.25, 0.3) is 0 Å². The van der Waals surface area contributed by atoms with Gasteiger partial charge in [-0.1, -0.05) is 11.6 Å². The van der Waals surface area contributed by atoms with Gasteiger partial charge in [0.15, 0.2) is 17.7 Å². The molecule has 22 heavy (non-hydrogen) atoms. The molecule has 2 aromatic heterocycles. The molecule has 2 aliphatic rings. The monoisotopic (exact) mass is 324 g/mol. The van der Waals surface area contributed by atoms with Crippen molar-refractivity contribution in [3.63, 3.8) is 0 Å². The van der Waals surface area contributed by atoms with Crippen LogP contribution in [0.4, 0.5) is 0 Å². The van der Waals surface area contributed by atoms with Crippen LogP contribution < -0.4 is 0 Å². The quantitative estimate of drug-likeness (QED) is 0.839. The molecule has 1 N–H and O–H groups in total. The summed E-state index contributed by atoms with van der Waals surface area (Å²) in [5.74, 6) is -0.731. The van der Waals surface area contributed by atoms with Crippen LogP contribution in [-0.4, -0.2) is 50.6 Å². The van der Waals surface area contributed by atoms with Gasteiger partial charge in [-0.15, -0.1) is 0 Å². The lowest BCUT2D eigenvalue weighted by Crippen LogP contribution is -2.31. The van der Waals surface area contributed by atoms with Gasteiger partial charge in [0.05, 0.1) is 12.8 Å². The van der Waals surface area contributed by atoms with E-state index in [1.54, 1.807) is 16.9 Å². The summed E-state index contributed by atoms with van der Waals surface area (Å²) in [7, 11) is 0. The Morgan fingerprint density at radius 3 is 2.95 bits per heavy atom. The molecule has 4 rings (SSSR count). The van der Waals surface area contributed by atoms with Gasteiger partial charge in [-0.3, -0.25) is 0 Å². The van der Waals surface area contributed by atoms with Gasteiger partial charge < -0.3 is 19.3 Å². The number of fused-ring (bicyclic) bond motifs is 2. The maximum atomic E-state index is 9.52. The number of hydrogen-bond donors (Lipinski definition) is 1. The number of hydrogen-bond acceptors (Lipinski definition) is 6. The molecule has 0 saturated carbocycles. The molecule has 2 aromatic rings. The van der Waals surface area contributed by atoms with Crippen molar-refractivity contribution in [3.05, 3.63) is 23.5 Å². The maximum absolute atomic E-state index is 9.52. The molecule has 7 nitrogen and oxygen atoms in total. The van der Waals surface area contributed by atoms with Gasteiger partial charge in [0.2, 0.25) is 0 Å². The summed E-state index contributed by atoms with van der Waals surface area (Å²) in [5, 5.41) is 14.9. The van der Waals surface area contributed by atoms with Gasteiger partial charge in [0, 0.05) is 5.39 Å². The number of ether oxygens (including phenoxy) is 3. The minimum atomic E-state index is -0.731. The predicted molar refractivity (Wildman–Crippen MR) is 76.2 cm³/mol. The largest absolute Gasteiger partial charge is 0.394 e. The molecule has 2 saturated heterocycles. The summed E-state index contributed by atoms with van der Waals surface area (Å²) < 4.78 is 19.2. The zero-order valence-electron chi connectivity index (χ0n) is 12.1. The van der Waals surface area contributed by atoms with Crippen molar-refractivity contribution in [1.29, 1.82) is 0 Å². The molecule has 117 valence electrons. The van der Waals surface area contributed by atoms with E-state index in [-0.39, 0.29) is 18.8 Å². The fourth-order valence-electron chi connectivity index (χ4n) is 3.03. The highest BCUT2D eigenvalue weighted by Gasteiger charge is 2.56. The molecule has 0 aliphatic carbocycles. The van der Waals surface area contributed by atoms with Gasteiger partial charge in [-0.25, -0.2) is 9.67 Å². The van der Waals surface area contributed by atoms with E-state index >= 15 is 0 Å². The van der Waals surface area contributed by atoms with Gasteiger partial charge in [-0.05, 0) is 26.0 Å². The molecular formula is C14H15ClN3O4. The van der Waals surface area contributed by atoms with E-state index in [0.717, 1.165) is 5.39 Å². The Balaban J connectivity index is 1.76. The number of rotatable bonds is 2. The summed E-state index contributed by atoms with van der Waals surface area (Å²) in [6.45, 7) is 3.51. The number of aliphatic hydroxyl groups excluding tert-OH is 1. The van der Waals surface area contributed by atoms with Crippen molar-refractivity contribution in [2.24, 2.45) is 0 Å². The third kappa shape index (κ3) is 2.12. The summed E-state index contributed by atoms with van der Waals surface area (Å²) >= 11 is 5.95. The highest BCUT2D eigenvalue weighted by molar-refractivity contribution is 6.29. The number of aromatic nitrogens is 3. The molecule has 2 fully saturated rings. The second-order valence-corrected chi connectivity index (χ2v) is 6.25. The minimum absolute atomic E-state index is 0.156. The Hall–Kier alpha value is -1.25. The summed E-state index contributed by atoms with van der Waals surface area (Å²) in [6.07, 6.45) is -0.104. The fourth-order valence-corrected chi connectivity index (χ4v) is 3.16. The first-order chi connectivity index (χ1) is 10.5. The molecule has 8 heteroatoms. The first-order valence-corrected chi connectivity index (χ1v) is 7.40. The van der Waals surface area contributed by atoms with Crippen LogP contribution in [0.15, 0.2) is 12.3 Å². The standard InChI is InChI=1S/C14H15ClN3O4/c1-14(2)21-10-8(6-19)20-13(11(10)22-14)18-12-7(5-16-18)3-4-9(15)17-12/h4-5,8,10-11,13,19H,6H2,1-2H3/t8-,10-,11-,13-/m1/s1. The van der Waals surface area contributed by atoms with E-state index in [2.05, 4.69) is 16.1 Å². The summed E-state index contributed by atoms with van der Waals surface area (Å²) in [4.78, 5) is 4.28. The van der Waals surface area contributed by atoms with E-state index in [0.29, 0.717) is 10.8 Å². The van der Waals surface area contributed by atoms with Crippen LogP contribution in [-0.2, 0) is 14.2 Å². The summed E-state index contributed by atoms with van der Waals surface area (Å²) in [6, 6.07) is 4.60. The van der Waals surface area contributed by atoms with E-state index in [9.17, 15) is 5.11 Å². The second-order valence-electron chi connectivity index (χ2n) is 5.86. The normalized spacial score (nSPS) is 33.5. The molecular weight excluding hydrogens is 310 g/mol. The smallest absolute Gasteiger partial charge is 0.181 e. The van der Waals surface area contributed by atoms with Crippen molar-refractivity contribution in [3.8, 4) is 0 Å². The molecule has 0 spiro atoms. The van der Waals surface area contributed by atoms with E-state index in [1.807, 2.05) is 13.8 Å². The third-order valence-corrected chi connectivity index (χ3v) is 4.07. The fraction of sp³-hybridized carbons (Fsp3) is 0.571. The Morgan fingerprint density at radius 1 is 1.41 bits per heavy atom. The van der Waals surface area contributed by atoms with Gasteiger partial charge >= 0.3 is 0 Å². The van der Waals surface area contributed by atoms with E-state index in [1.165, 1.54) is 0 Å². The molecule has 0 unspecified atom stereocenters. The van der Waals surface area contributed by atoms with Crippen LogP contribution in [0.2, 0.25) is 5.15 Å². The number of pyridine rings is 1. The molecule has 4 heterocycles. The lowest BCUT2D eigenvalue weighted by molar-refractivity contribution is -0.201. The molecule has 2 aliphatic heterocycles. The predicted octanol–water partition coefficient (Wildman–Crippen LogP) is 1.29. The Kier molecular flexibility index (Phi) is 3.18. The van der Waals surface area contributed by atoms with Crippen molar-refractivity contribution < 1.29 is 19.3 Å². The second kappa shape index (κ2) is 4.87. The number of aliphatic hydroxyl groups is 1. The molecule has 0 bridgehead atoms. The average molecular weight is 325 g/mol. The zero-order chi connectivity index (χ0) is 15.5. The Morgan fingerprint density at radius 2 is 2.18 bits per heavy atom. The van der Waals surface area contributed by atoms with Crippen LogP contribution in [0.5, 0.6) is 0 Å². The van der Waals surface area contributed by atoms with E-state index in [4.69, 9.17) is 25.8 Å². The van der Waals surface area contributed by atoms with Crippen LogP contribution in [0.3, 0.4) is 0 Å². The van der Waals surface area contributed by atoms with Crippen molar-refractivity contribution in [2.45, 2.75) is 44.2 Å². The molecule has 0 amide bonds. The highest BCUT2D eigenvalue weighted by atomic mass is 35.5. The number of halogens is 1. The number of nitrogens with zero attached hydrogens (tertiary/aromatic N) is 3. The van der Waals surface area contributed by atoms with Gasteiger partial charge in [-0.2, -0.15) is 5.10 Å². The first-order valence-electron chi connectivity index (χ1n) is 7.02. The SMILES string of the molecule is CC1(C)O[C@@H]2[C@H](O1)[C@@H](CO)O[C@H]2n1ncc2[c]cc(Cl)nc21. The van der Waals surface area contributed by atoms with Crippen molar-refractivity contribution in [1.82, 2.24) is 14.8 Å². The van der Waals surface area contributed by atoms with Crippen LogP contribution >= 0.6 is 11.6 Å². The molecule has 0 aromatic carbocycles. The van der Waals surface area contributed by atoms with Crippen molar-refractivity contribution >= 4 is 22.6 Å². The third-order valence-electron chi connectivity index (χ3n) is 3.87. The zero-order valence-corrected chi connectivity index (χ0v) is 12.8. The van der Waals surface area contributed by atoms with Gasteiger partial charge in [0.1, 0.15) is 23.5 Å². The lowest BCUT2D eigenvalue weighted by Gasteiger charge is -2.23. The van der Waals surface area contributed by atoms with E-state index < -0.39 is 18.1 Å². The topological polar surface area (TPSA) is 78.6 Å². The Labute approximate surface area is 131 Å². The first kappa shape index (κ1) is 14.3. The van der Waals surface area contributed by atoms with Crippen LogP contribution in [0.25, 0.3) is 11.0 Å². The maximum Gasteiger partial charge on any atom is 0.181 e. The molecule has 4 atom stereocenters. The van der Waals surface area contributed by atoms with Crippen LogP contribution in [0, 0.1) is 6.07 Å². The van der Waals surface area contributed by atoms with Crippen molar-refractivity contribution in [2.75, 3.05) is 6.61 Å². The molecule has 1 radical (unpaired) electrons. The Bertz CT molecular complexity index is 719. The van der Waals surface area contributed by atoms with Crippen LogP contribution in [0.1, 0.15) is 20.1 Å².